The lowest BCUT2D eigenvalue weighted by atomic mass is 9.75. The number of nitrogens with zero attached hydrogens (tertiary/aromatic N) is 2. The molecule has 0 amide bonds. The zero-order valence-electron chi connectivity index (χ0n) is 12.3. The number of hydrogen-bond acceptors (Lipinski definition) is 3. The molecule has 0 radical (unpaired) electrons. The van der Waals surface area contributed by atoms with Crippen molar-refractivity contribution in [3.05, 3.63) is 29.6 Å². The highest BCUT2D eigenvalue weighted by molar-refractivity contribution is 7.80. The molecule has 5 heteroatoms. The van der Waals surface area contributed by atoms with Crippen molar-refractivity contribution in [3.8, 4) is 0 Å². The monoisotopic (exact) mass is 295 g/mol. The van der Waals surface area contributed by atoms with Gasteiger partial charge in [0.25, 0.3) is 0 Å². The maximum Gasteiger partial charge on any atom is 0.135 e. The maximum absolute atomic E-state index is 13.9. The van der Waals surface area contributed by atoms with Gasteiger partial charge in [0.1, 0.15) is 10.8 Å². The van der Waals surface area contributed by atoms with Gasteiger partial charge in [0, 0.05) is 24.8 Å². The zero-order chi connectivity index (χ0) is 14.9. The summed E-state index contributed by atoms with van der Waals surface area (Å²) in [6.07, 6.45) is 3.58. The second-order valence-corrected chi connectivity index (χ2v) is 6.27. The number of rotatable bonds is 5. The molecule has 1 aliphatic carbocycles. The second kappa shape index (κ2) is 5.66. The van der Waals surface area contributed by atoms with Gasteiger partial charge < -0.3 is 15.5 Å². The number of hydrogen-bond donors (Lipinski definition) is 1. The van der Waals surface area contributed by atoms with Crippen molar-refractivity contribution in [2.75, 3.05) is 32.6 Å². The molecule has 3 nitrogen and oxygen atoms in total. The van der Waals surface area contributed by atoms with Gasteiger partial charge >= 0.3 is 0 Å². The zero-order valence-corrected chi connectivity index (χ0v) is 13.1. The molecule has 1 aliphatic rings. The normalized spacial score (nSPS) is 16.9. The first-order valence-electron chi connectivity index (χ1n) is 6.84. The van der Waals surface area contributed by atoms with Crippen LogP contribution in [0.3, 0.4) is 0 Å². The SMILES string of the molecule is CN(CC1(N(C)C)CCC1)c1cccc(F)c1C(N)=S. The quantitative estimate of drug-likeness (QED) is 0.846. The second-order valence-electron chi connectivity index (χ2n) is 5.83. The molecule has 2 N–H and O–H groups in total. The van der Waals surface area contributed by atoms with Crippen molar-refractivity contribution >= 4 is 22.9 Å². The molecule has 0 unspecified atom stereocenters. The van der Waals surface area contributed by atoms with Gasteiger partial charge in [0.2, 0.25) is 0 Å². The highest BCUT2D eigenvalue weighted by Crippen LogP contribution is 2.38. The van der Waals surface area contributed by atoms with Crippen LogP contribution in [0.1, 0.15) is 24.8 Å². The molecule has 1 saturated carbocycles. The van der Waals surface area contributed by atoms with Crippen LogP contribution in [0.5, 0.6) is 0 Å². The van der Waals surface area contributed by atoms with Crippen molar-refractivity contribution in [1.29, 1.82) is 0 Å². The Bertz CT molecular complexity index is 512. The van der Waals surface area contributed by atoms with Crippen LogP contribution >= 0.6 is 12.2 Å². The van der Waals surface area contributed by atoms with Crippen molar-refractivity contribution < 1.29 is 4.39 Å². The van der Waals surface area contributed by atoms with E-state index in [1.807, 2.05) is 13.1 Å². The Morgan fingerprint density at radius 1 is 1.35 bits per heavy atom. The predicted octanol–water partition coefficient (Wildman–Crippen LogP) is 2.38. The lowest BCUT2D eigenvalue weighted by molar-refractivity contribution is 0.0683. The lowest BCUT2D eigenvalue weighted by Gasteiger charge is -2.49. The summed E-state index contributed by atoms with van der Waals surface area (Å²) in [6, 6.07) is 4.97. The molecule has 0 aromatic heterocycles. The van der Waals surface area contributed by atoms with E-state index in [2.05, 4.69) is 23.9 Å². The minimum atomic E-state index is -0.352. The van der Waals surface area contributed by atoms with Crippen LogP contribution in [-0.2, 0) is 0 Å². The smallest absolute Gasteiger partial charge is 0.135 e. The Balaban J connectivity index is 2.28. The average Bonchev–Trinajstić information content (AvgIpc) is 2.32. The number of thiocarbonyl (C=S) groups is 1. The van der Waals surface area contributed by atoms with Gasteiger partial charge in [0.05, 0.1) is 5.56 Å². The number of likely N-dealkylation sites (N-methyl/N-ethyl adjacent to an activating group) is 2. The van der Waals surface area contributed by atoms with E-state index in [1.54, 1.807) is 6.07 Å². The van der Waals surface area contributed by atoms with Crippen LogP contribution in [0.4, 0.5) is 10.1 Å². The molecule has 0 saturated heterocycles. The summed E-state index contributed by atoms with van der Waals surface area (Å²) in [4.78, 5) is 4.45. The van der Waals surface area contributed by atoms with Crippen molar-refractivity contribution in [3.63, 3.8) is 0 Å². The molecule has 0 bridgehead atoms. The van der Waals surface area contributed by atoms with Crippen LogP contribution in [-0.4, -0.2) is 43.1 Å². The molecule has 1 fully saturated rings. The van der Waals surface area contributed by atoms with E-state index in [0.29, 0.717) is 5.56 Å². The first-order chi connectivity index (χ1) is 9.37. The van der Waals surface area contributed by atoms with Gasteiger partial charge in [-0.05, 0) is 45.5 Å². The minimum Gasteiger partial charge on any atom is -0.389 e. The fraction of sp³-hybridized carbons (Fsp3) is 0.533. The number of halogens is 1. The Morgan fingerprint density at radius 2 is 2.00 bits per heavy atom. The first kappa shape index (κ1) is 15.2. The van der Waals surface area contributed by atoms with E-state index in [-0.39, 0.29) is 16.3 Å². The highest BCUT2D eigenvalue weighted by atomic mass is 32.1. The van der Waals surface area contributed by atoms with Gasteiger partial charge in [-0.3, -0.25) is 0 Å². The van der Waals surface area contributed by atoms with Crippen LogP contribution in [0, 0.1) is 5.82 Å². The average molecular weight is 295 g/mol. The van der Waals surface area contributed by atoms with Crippen LogP contribution in [0.2, 0.25) is 0 Å². The topological polar surface area (TPSA) is 32.5 Å². The Kier molecular flexibility index (Phi) is 4.30. The number of benzene rings is 1. The van der Waals surface area contributed by atoms with E-state index in [4.69, 9.17) is 18.0 Å². The van der Waals surface area contributed by atoms with Gasteiger partial charge in [-0.2, -0.15) is 0 Å². The summed E-state index contributed by atoms with van der Waals surface area (Å²) in [5.41, 5.74) is 6.97. The summed E-state index contributed by atoms with van der Waals surface area (Å²) in [6.45, 7) is 0.846. The molecular weight excluding hydrogens is 273 g/mol. The summed E-state index contributed by atoms with van der Waals surface area (Å²) < 4.78 is 13.9. The summed E-state index contributed by atoms with van der Waals surface area (Å²) in [5.74, 6) is -0.352. The largest absolute Gasteiger partial charge is 0.389 e. The third kappa shape index (κ3) is 2.65. The molecule has 0 aliphatic heterocycles. The van der Waals surface area contributed by atoms with Gasteiger partial charge in [0.15, 0.2) is 0 Å². The van der Waals surface area contributed by atoms with Gasteiger partial charge in [-0.15, -0.1) is 0 Å². The maximum atomic E-state index is 13.9. The fourth-order valence-corrected chi connectivity index (χ4v) is 3.14. The lowest BCUT2D eigenvalue weighted by Crippen LogP contribution is -2.57. The first-order valence-corrected chi connectivity index (χ1v) is 7.25. The molecule has 0 atom stereocenters. The summed E-state index contributed by atoms with van der Waals surface area (Å²) in [7, 11) is 6.18. The number of anilines is 1. The van der Waals surface area contributed by atoms with Crippen molar-refractivity contribution in [2.24, 2.45) is 5.73 Å². The van der Waals surface area contributed by atoms with Crippen molar-refractivity contribution in [2.45, 2.75) is 24.8 Å². The summed E-state index contributed by atoms with van der Waals surface area (Å²) >= 11 is 4.99. The molecule has 1 aromatic rings. The van der Waals surface area contributed by atoms with E-state index in [0.717, 1.165) is 12.2 Å². The van der Waals surface area contributed by atoms with Crippen molar-refractivity contribution in [1.82, 2.24) is 4.90 Å². The van der Waals surface area contributed by atoms with Gasteiger partial charge in [-0.25, -0.2) is 4.39 Å². The van der Waals surface area contributed by atoms with E-state index < -0.39 is 0 Å². The molecule has 2 rings (SSSR count). The van der Waals surface area contributed by atoms with Gasteiger partial charge in [-0.1, -0.05) is 18.3 Å². The Morgan fingerprint density at radius 3 is 2.45 bits per heavy atom. The molecule has 0 heterocycles. The van der Waals surface area contributed by atoms with Crippen LogP contribution in [0.15, 0.2) is 18.2 Å². The van der Waals surface area contributed by atoms with E-state index in [9.17, 15) is 4.39 Å². The summed E-state index contributed by atoms with van der Waals surface area (Å²) in [5, 5.41) is 0. The molecular formula is C15H22FN3S. The minimum absolute atomic E-state index is 0.109. The van der Waals surface area contributed by atoms with E-state index in [1.165, 1.54) is 25.3 Å². The standard InChI is InChI=1S/C15H22FN3S/c1-18(2)15(8-5-9-15)10-19(3)12-7-4-6-11(16)13(12)14(17)20/h4,6-7H,5,8-10H2,1-3H3,(H2,17,20). The number of nitrogens with two attached hydrogens (primary N) is 1. The third-order valence-electron chi connectivity index (χ3n) is 4.41. The fourth-order valence-electron chi connectivity index (χ4n) is 2.93. The predicted molar refractivity (Wildman–Crippen MR) is 85.8 cm³/mol. The molecule has 20 heavy (non-hydrogen) atoms. The Labute approximate surface area is 125 Å². The Hall–Kier alpha value is -1.20. The highest BCUT2D eigenvalue weighted by Gasteiger charge is 2.40. The molecule has 110 valence electrons. The molecule has 1 aromatic carbocycles. The third-order valence-corrected chi connectivity index (χ3v) is 4.62. The van der Waals surface area contributed by atoms with E-state index >= 15 is 0 Å². The van der Waals surface area contributed by atoms with Crippen LogP contribution in [0.25, 0.3) is 0 Å². The van der Waals surface area contributed by atoms with Crippen LogP contribution < -0.4 is 10.6 Å². The molecule has 0 spiro atoms.